The fourth-order valence-electron chi connectivity index (χ4n) is 0.149. The van der Waals surface area contributed by atoms with E-state index in [9.17, 15) is 43.9 Å². The van der Waals surface area contributed by atoms with Crippen molar-refractivity contribution in [3.8, 4) is 0 Å². The van der Waals surface area contributed by atoms with Gasteiger partial charge in [-0.2, -0.15) is 30.7 Å². The second-order valence-electron chi connectivity index (χ2n) is 2.12. The lowest BCUT2D eigenvalue weighted by molar-refractivity contribution is -0.183. The Morgan fingerprint density at radius 2 is 1.44 bits per heavy atom. The lowest BCUT2D eigenvalue weighted by Gasteiger charge is -2.06. The molecule has 1 atom stereocenters. The molecule has 0 nitrogen and oxygen atoms in total. The van der Waals surface area contributed by atoms with Gasteiger partial charge in [0.05, 0.1) is 0 Å². The van der Waals surface area contributed by atoms with E-state index in [0.717, 1.165) is 0 Å². The van der Waals surface area contributed by atoms with Crippen LogP contribution in [0.1, 0.15) is 0 Å². The second kappa shape index (κ2) is 6.59. The van der Waals surface area contributed by atoms with Gasteiger partial charge in [-0.05, 0) is 0 Å². The molecule has 0 radical (unpaired) electrons. The van der Waals surface area contributed by atoms with E-state index in [1.807, 2.05) is 0 Å². The largest absolute Gasteiger partial charge is 0.445 e. The van der Waals surface area contributed by atoms with Crippen LogP contribution in [-0.2, 0) is 0 Å². The third-order valence-corrected chi connectivity index (χ3v) is 0.857. The first-order valence-corrected chi connectivity index (χ1v) is 3.26. The molecule has 0 heterocycles. The maximum Gasteiger partial charge on any atom is 0.445 e. The van der Waals surface area contributed by atoms with Crippen LogP contribution in [0.15, 0.2) is 12.2 Å². The number of allylic oxidation sites excluding steroid dienone is 1. The molecule has 0 spiro atoms. The summed E-state index contributed by atoms with van der Waals surface area (Å²) in [5, 5.41) is 0. The standard InChI is InChI=1S/C3H3F5.C3HF5/c2*4-1-2(5)3(6,7)8/h2H,1H2;1H. The molecule has 0 bridgehead atoms. The van der Waals surface area contributed by atoms with Crippen LogP contribution in [0.5, 0.6) is 0 Å². The number of hydrogen-bond acceptors (Lipinski definition) is 0. The minimum atomic E-state index is -5.17. The molecule has 0 saturated carbocycles. The maximum atomic E-state index is 11.1. The summed E-state index contributed by atoms with van der Waals surface area (Å²) in [4.78, 5) is 0. The lowest BCUT2D eigenvalue weighted by atomic mass is 10.4. The summed E-state index contributed by atoms with van der Waals surface area (Å²) in [6.07, 6.45) is -14.6. The Morgan fingerprint density at radius 1 is 1.06 bits per heavy atom. The van der Waals surface area contributed by atoms with Crippen LogP contribution in [0.3, 0.4) is 0 Å². The highest BCUT2D eigenvalue weighted by Crippen LogP contribution is 2.26. The first-order chi connectivity index (χ1) is 6.96. The summed E-state index contributed by atoms with van der Waals surface area (Å²) in [5.41, 5.74) is 0. The molecule has 0 rings (SSSR count). The van der Waals surface area contributed by atoms with Crippen molar-refractivity contribution in [1.29, 1.82) is 0 Å². The molecule has 0 N–H and O–H groups in total. The first-order valence-electron chi connectivity index (χ1n) is 3.26. The fraction of sp³-hybridized carbons (Fsp3) is 0.667. The Morgan fingerprint density at radius 3 is 1.44 bits per heavy atom. The number of hydrogen-bond donors (Lipinski definition) is 0. The van der Waals surface area contributed by atoms with E-state index in [1.54, 1.807) is 0 Å². The normalized spacial score (nSPS) is 15.2. The van der Waals surface area contributed by atoms with E-state index in [-0.39, 0.29) is 0 Å². The van der Waals surface area contributed by atoms with Crippen molar-refractivity contribution in [3.05, 3.63) is 12.2 Å². The van der Waals surface area contributed by atoms with Gasteiger partial charge in [0.2, 0.25) is 12.0 Å². The minimum absolute atomic E-state index is 1.12. The van der Waals surface area contributed by atoms with Crippen molar-refractivity contribution in [2.45, 2.75) is 18.5 Å². The molecule has 0 saturated heterocycles. The molecule has 0 aliphatic rings. The zero-order valence-electron chi connectivity index (χ0n) is 7.14. The van der Waals surface area contributed by atoms with Crippen molar-refractivity contribution in [2.24, 2.45) is 0 Å². The Hall–Kier alpha value is -0.960. The van der Waals surface area contributed by atoms with E-state index < -0.39 is 37.4 Å². The smallest absolute Gasteiger partial charge is 0.248 e. The number of rotatable bonds is 1. The molecule has 0 aromatic carbocycles. The highest BCUT2D eigenvalue weighted by atomic mass is 19.4. The van der Waals surface area contributed by atoms with Crippen LogP contribution in [0.25, 0.3) is 0 Å². The first kappa shape index (κ1) is 17.4. The lowest BCUT2D eigenvalue weighted by Crippen LogP contribution is -2.25. The van der Waals surface area contributed by atoms with Crippen LogP contribution in [0.4, 0.5) is 43.9 Å². The van der Waals surface area contributed by atoms with Crippen LogP contribution in [0, 0.1) is 0 Å². The topological polar surface area (TPSA) is 0 Å². The summed E-state index contributed by atoms with van der Waals surface area (Å²) >= 11 is 0. The summed E-state index contributed by atoms with van der Waals surface area (Å²) < 4.78 is 108. The van der Waals surface area contributed by atoms with Crippen LogP contribution in [0.2, 0.25) is 0 Å². The third-order valence-electron chi connectivity index (χ3n) is 0.857. The highest BCUT2D eigenvalue weighted by Gasteiger charge is 2.39. The Kier molecular flexibility index (Phi) is 7.18. The average Bonchev–Trinajstić information content (AvgIpc) is 2.13. The van der Waals surface area contributed by atoms with Crippen LogP contribution < -0.4 is 0 Å². The van der Waals surface area contributed by atoms with E-state index in [2.05, 4.69) is 0 Å². The van der Waals surface area contributed by atoms with E-state index in [4.69, 9.17) is 0 Å². The molecule has 1 unspecified atom stereocenters. The zero-order valence-corrected chi connectivity index (χ0v) is 7.14. The zero-order chi connectivity index (χ0) is 13.6. The van der Waals surface area contributed by atoms with Gasteiger partial charge in [-0.1, -0.05) is 0 Å². The predicted molar refractivity (Wildman–Crippen MR) is 33.3 cm³/mol. The molecule has 0 aliphatic heterocycles. The van der Waals surface area contributed by atoms with Gasteiger partial charge in [0.1, 0.15) is 13.0 Å². The molecule has 98 valence electrons. The average molecular weight is 266 g/mol. The van der Waals surface area contributed by atoms with Gasteiger partial charge in [-0.3, -0.25) is 0 Å². The molecular weight excluding hydrogens is 262 g/mol. The second-order valence-corrected chi connectivity index (χ2v) is 2.12. The molecule has 0 aromatic rings. The van der Waals surface area contributed by atoms with Crippen LogP contribution in [-0.4, -0.2) is 25.2 Å². The summed E-state index contributed by atoms with van der Waals surface area (Å²) in [5.74, 6) is -2.71. The van der Waals surface area contributed by atoms with E-state index >= 15 is 0 Å². The van der Waals surface area contributed by atoms with Crippen molar-refractivity contribution in [1.82, 2.24) is 0 Å². The quantitative estimate of drug-likeness (QED) is 0.624. The van der Waals surface area contributed by atoms with E-state index in [1.165, 1.54) is 0 Å². The molecule has 0 fully saturated rings. The van der Waals surface area contributed by atoms with Crippen molar-refractivity contribution < 1.29 is 43.9 Å². The molecule has 10 heteroatoms. The minimum Gasteiger partial charge on any atom is -0.248 e. The Labute approximate surface area is 82.5 Å². The monoisotopic (exact) mass is 266 g/mol. The fourth-order valence-corrected chi connectivity index (χ4v) is 0.149. The third kappa shape index (κ3) is 8.36. The highest BCUT2D eigenvalue weighted by molar-refractivity contribution is 4.92. The summed E-state index contributed by atoms with van der Waals surface area (Å²) in [6.45, 7) is -2.00. The predicted octanol–water partition coefficient (Wildman–Crippen LogP) is 4.19. The maximum absolute atomic E-state index is 11.1. The van der Waals surface area contributed by atoms with E-state index in [0.29, 0.717) is 0 Å². The van der Waals surface area contributed by atoms with Crippen molar-refractivity contribution in [2.75, 3.05) is 6.67 Å². The molecule has 0 amide bonds. The summed E-state index contributed by atoms with van der Waals surface area (Å²) in [6, 6.07) is 0. The van der Waals surface area contributed by atoms with Gasteiger partial charge in [-0.15, -0.1) is 0 Å². The SMILES string of the molecule is FC=C(F)C(F)(F)F.FCC(F)C(F)(F)F. The number of alkyl halides is 8. The van der Waals surface area contributed by atoms with Gasteiger partial charge in [-0.25, -0.2) is 13.2 Å². The molecule has 16 heavy (non-hydrogen) atoms. The van der Waals surface area contributed by atoms with Crippen LogP contribution >= 0.6 is 0 Å². The Balaban J connectivity index is 0. The molecular formula is C6H4F10. The molecule has 0 aromatic heterocycles. The van der Waals surface area contributed by atoms with Crippen molar-refractivity contribution in [3.63, 3.8) is 0 Å². The van der Waals surface area contributed by atoms with Gasteiger partial charge in [0, 0.05) is 0 Å². The molecule has 0 aliphatic carbocycles. The Bertz CT molecular complexity index is 210. The van der Waals surface area contributed by atoms with Gasteiger partial charge < -0.3 is 0 Å². The number of halogens is 10. The summed E-state index contributed by atoms with van der Waals surface area (Å²) in [7, 11) is 0. The van der Waals surface area contributed by atoms with Crippen molar-refractivity contribution >= 4 is 0 Å². The van der Waals surface area contributed by atoms with Gasteiger partial charge in [0.15, 0.2) is 0 Å². The van der Waals surface area contributed by atoms with Gasteiger partial charge in [0.25, 0.3) is 0 Å². The van der Waals surface area contributed by atoms with Gasteiger partial charge >= 0.3 is 12.4 Å².